The smallest absolute Gasteiger partial charge is 0.375 e. The maximum atomic E-state index is 12.2. The summed E-state index contributed by atoms with van der Waals surface area (Å²) in [5.74, 6) is -0.765. The van der Waals surface area contributed by atoms with Gasteiger partial charge in [0.1, 0.15) is 5.76 Å². The molecule has 0 spiro atoms. The molecule has 25 heavy (non-hydrogen) atoms. The Balaban J connectivity index is 2.10. The van der Waals surface area contributed by atoms with Gasteiger partial charge in [-0.25, -0.2) is 4.79 Å². The van der Waals surface area contributed by atoms with Crippen LogP contribution in [-0.4, -0.2) is 23.5 Å². The second-order valence-corrected chi connectivity index (χ2v) is 7.42. The van der Waals surface area contributed by atoms with E-state index in [1.165, 1.54) is 13.0 Å². The summed E-state index contributed by atoms with van der Waals surface area (Å²) in [5, 5.41) is 3.68. The van der Waals surface area contributed by atoms with Gasteiger partial charge >= 0.3 is 5.97 Å². The fourth-order valence-corrected chi connectivity index (χ4v) is 2.40. The summed E-state index contributed by atoms with van der Waals surface area (Å²) >= 11 is 12.1. The lowest BCUT2D eigenvalue weighted by atomic mass is 10.1. The minimum Gasteiger partial charge on any atom is -0.449 e. The highest BCUT2D eigenvalue weighted by atomic mass is 35.5. The van der Waals surface area contributed by atoms with Gasteiger partial charge in [0.05, 0.1) is 5.02 Å². The molecule has 1 aromatic carbocycles. The van der Waals surface area contributed by atoms with Crippen molar-refractivity contribution in [3.63, 3.8) is 0 Å². The molecule has 1 heterocycles. The molecule has 0 radical (unpaired) electrons. The van der Waals surface area contributed by atoms with Crippen LogP contribution < -0.4 is 5.32 Å². The largest absolute Gasteiger partial charge is 0.449 e. The quantitative estimate of drug-likeness (QED) is 0.775. The molecule has 2 rings (SSSR count). The summed E-state index contributed by atoms with van der Waals surface area (Å²) in [4.78, 5) is 24.1. The molecular weight excluding hydrogens is 365 g/mol. The number of benzene rings is 1. The molecule has 5 nitrogen and oxygen atoms in total. The predicted octanol–water partition coefficient (Wildman–Crippen LogP) is 4.71. The zero-order valence-electron chi connectivity index (χ0n) is 14.4. The Morgan fingerprint density at radius 2 is 1.84 bits per heavy atom. The number of hydrogen-bond acceptors (Lipinski definition) is 4. The standard InChI is InChI=1S/C18H19Cl2NO4/c1-10(16(22)21-18(2,3)4)24-17(23)15-8-7-14(25-15)12-9-11(19)5-6-13(12)20/h5-10H,1-4H3,(H,21,22)/t10-/m0/s1. The summed E-state index contributed by atoms with van der Waals surface area (Å²) in [6.07, 6.45) is -0.949. The molecule has 0 aliphatic heterocycles. The number of nitrogens with one attached hydrogen (secondary N) is 1. The number of carbonyl (C=O) groups excluding carboxylic acids is 2. The summed E-state index contributed by atoms with van der Waals surface area (Å²) in [7, 11) is 0. The van der Waals surface area contributed by atoms with Crippen LogP contribution in [0.4, 0.5) is 0 Å². The van der Waals surface area contributed by atoms with Crippen molar-refractivity contribution in [1.29, 1.82) is 0 Å². The molecule has 0 aliphatic carbocycles. The van der Waals surface area contributed by atoms with Crippen LogP contribution in [0.5, 0.6) is 0 Å². The molecule has 0 saturated carbocycles. The minimum atomic E-state index is -0.949. The first kappa shape index (κ1) is 19.3. The Morgan fingerprint density at radius 3 is 2.48 bits per heavy atom. The van der Waals surface area contributed by atoms with E-state index in [4.69, 9.17) is 32.4 Å². The third-order valence-electron chi connectivity index (χ3n) is 3.15. The van der Waals surface area contributed by atoms with Crippen molar-refractivity contribution >= 4 is 35.1 Å². The lowest BCUT2D eigenvalue weighted by Crippen LogP contribution is -2.46. The Bertz CT molecular complexity index is 793. The van der Waals surface area contributed by atoms with Crippen LogP contribution in [0.15, 0.2) is 34.7 Å². The van der Waals surface area contributed by atoms with Gasteiger partial charge < -0.3 is 14.5 Å². The maximum Gasteiger partial charge on any atom is 0.375 e. The molecule has 0 saturated heterocycles. The van der Waals surface area contributed by atoms with Crippen molar-refractivity contribution in [2.24, 2.45) is 0 Å². The van der Waals surface area contributed by atoms with Gasteiger partial charge in [0.15, 0.2) is 6.10 Å². The number of carbonyl (C=O) groups is 2. The van der Waals surface area contributed by atoms with E-state index >= 15 is 0 Å². The van der Waals surface area contributed by atoms with Crippen LogP contribution in [0.2, 0.25) is 10.0 Å². The van der Waals surface area contributed by atoms with E-state index in [9.17, 15) is 9.59 Å². The Morgan fingerprint density at radius 1 is 1.16 bits per heavy atom. The average Bonchev–Trinajstić information content (AvgIpc) is 2.97. The first-order chi connectivity index (χ1) is 11.6. The summed E-state index contributed by atoms with van der Waals surface area (Å²) < 4.78 is 10.6. The highest BCUT2D eigenvalue weighted by Crippen LogP contribution is 2.32. The highest BCUT2D eigenvalue weighted by molar-refractivity contribution is 6.35. The molecule has 1 amide bonds. The zero-order chi connectivity index (χ0) is 18.8. The number of rotatable bonds is 4. The molecule has 134 valence electrons. The van der Waals surface area contributed by atoms with E-state index in [0.29, 0.717) is 21.4 Å². The Hall–Kier alpha value is -1.98. The van der Waals surface area contributed by atoms with E-state index < -0.39 is 17.6 Å². The first-order valence-electron chi connectivity index (χ1n) is 7.65. The van der Waals surface area contributed by atoms with Crippen LogP contribution in [0, 0.1) is 0 Å². The van der Waals surface area contributed by atoms with Crippen molar-refractivity contribution < 1.29 is 18.7 Å². The van der Waals surface area contributed by atoms with Gasteiger partial charge in [-0.1, -0.05) is 23.2 Å². The maximum absolute atomic E-state index is 12.2. The van der Waals surface area contributed by atoms with Gasteiger partial charge in [-0.15, -0.1) is 0 Å². The van der Waals surface area contributed by atoms with Crippen molar-refractivity contribution in [3.8, 4) is 11.3 Å². The molecular formula is C18H19Cl2NO4. The van der Waals surface area contributed by atoms with Crippen LogP contribution in [0.25, 0.3) is 11.3 Å². The van der Waals surface area contributed by atoms with Crippen molar-refractivity contribution in [2.75, 3.05) is 0 Å². The van der Waals surface area contributed by atoms with Gasteiger partial charge in [0.2, 0.25) is 5.76 Å². The fourth-order valence-electron chi connectivity index (χ4n) is 2.02. The number of hydrogen-bond donors (Lipinski definition) is 1. The predicted molar refractivity (Wildman–Crippen MR) is 96.9 cm³/mol. The summed E-state index contributed by atoms with van der Waals surface area (Å²) in [5.41, 5.74) is 0.144. The Labute approximate surface area is 156 Å². The van der Waals surface area contributed by atoms with Gasteiger partial charge in [-0.3, -0.25) is 4.79 Å². The molecule has 7 heteroatoms. The van der Waals surface area contributed by atoms with Gasteiger partial charge in [0.25, 0.3) is 5.91 Å². The second-order valence-electron chi connectivity index (χ2n) is 6.57. The van der Waals surface area contributed by atoms with Crippen LogP contribution in [0.1, 0.15) is 38.2 Å². The fraction of sp³-hybridized carbons (Fsp3) is 0.333. The van der Waals surface area contributed by atoms with E-state index in [-0.39, 0.29) is 11.7 Å². The van der Waals surface area contributed by atoms with Gasteiger partial charge in [0, 0.05) is 16.1 Å². The first-order valence-corrected chi connectivity index (χ1v) is 8.40. The average molecular weight is 384 g/mol. The SMILES string of the molecule is C[C@H](OC(=O)c1ccc(-c2cc(Cl)ccc2Cl)o1)C(=O)NC(C)(C)C. The normalized spacial score (nSPS) is 12.6. The van der Waals surface area contributed by atoms with Crippen molar-refractivity contribution in [3.05, 3.63) is 46.1 Å². The number of amides is 1. The zero-order valence-corrected chi connectivity index (χ0v) is 15.9. The molecule has 0 unspecified atom stereocenters. The topological polar surface area (TPSA) is 68.5 Å². The monoisotopic (exact) mass is 383 g/mol. The number of esters is 1. The Kier molecular flexibility index (Phi) is 5.80. The lowest BCUT2D eigenvalue weighted by molar-refractivity contribution is -0.130. The van der Waals surface area contributed by atoms with Crippen LogP contribution in [0.3, 0.4) is 0 Å². The number of ether oxygens (including phenoxy) is 1. The number of furan rings is 1. The molecule has 0 aliphatic rings. The highest BCUT2D eigenvalue weighted by Gasteiger charge is 2.24. The summed E-state index contributed by atoms with van der Waals surface area (Å²) in [6, 6.07) is 7.98. The number of halogens is 2. The van der Waals surface area contributed by atoms with Gasteiger partial charge in [-0.2, -0.15) is 0 Å². The van der Waals surface area contributed by atoms with Gasteiger partial charge in [-0.05, 0) is 58.0 Å². The second kappa shape index (κ2) is 7.50. The van der Waals surface area contributed by atoms with Crippen LogP contribution >= 0.6 is 23.2 Å². The minimum absolute atomic E-state index is 0.0264. The third-order valence-corrected chi connectivity index (χ3v) is 3.72. The molecule has 0 fully saturated rings. The van der Waals surface area contributed by atoms with Crippen molar-refractivity contribution in [1.82, 2.24) is 5.32 Å². The van der Waals surface area contributed by atoms with E-state index in [1.54, 1.807) is 24.3 Å². The molecule has 2 aromatic rings. The van der Waals surface area contributed by atoms with Crippen molar-refractivity contribution in [2.45, 2.75) is 39.3 Å². The van der Waals surface area contributed by atoms with Crippen LogP contribution in [-0.2, 0) is 9.53 Å². The molecule has 1 atom stereocenters. The molecule has 1 aromatic heterocycles. The van der Waals surface area contributed by atoms with E-state index in [2.05, 4.69) is 5.32 Å². The summed E-state index contributed by atoms with van der Waals surface area (Å²) in [6.45, 7) is 7.02. The van der Waals surface area contributed by atoms with E-state index in [1.807, 2.05) is 20.8 Å². The molecule has 1 N–H and O–H groups in total. The van der Waals surface area contributed by atoms with E-state index in [0.717, 1.165) is 0 Å². The third kappa shape index (κ3) is 5.25. The lowest BCUT2D eigenvalue weighted by Gasteiger charge is -2.22. The molecule has 0 bridgehead atoms.